The van der Waals surface area contributed by atoms with E-state index in [0.717, 1.165) is 9.60 Å². The van der Waals surface area contributed by atoms with Gasteiger partial charge in [-0.05, 0) is 38.4 Å². The number of aromatic nitrogens is 1. The molecule has 162 valence electrons. The van der Waals surface area contributed by atoms with Crippen molar-refractivity contribution >= 4 is 66.6 Å². The lowest BCUT2D eigenvalue weighted by molar-refractivity contribution is -0.116. The van der Waals surface area contributed by atoms with Crippen LogP contribution in [-0.2, 0) is 14.6 Å². The summed E-state index contributed by atoms with van der Waals surface area (Å²) < 4.78 is 25.0. The van der Waals surface area contributed by atoms with Crippen LogP contribution in [-0.4, -0.2) is 63.4 Å². The number of fused-ring (bicyclic) bond motifs is 1. The molecule has 1 amide bonds. The number of nitrogens with zero attached hydrogens (tertiary/aromatic N) is 3. The Labute approximate surface area is 191 Å². The summed E-state index contributed by atoms with van der Waals surface area (Å²) in [5, 5.41) is 0.525. The van der Waals surface area contributed by atoms with Crippen LogP contribution in [0.4, 0.5) is 5.13 Å². The van der Waals surface area contributed by atoms with Crippen molar-refractivity contribution in [1.29, 1.82) is 0 Å². The van der Waals surface area contributed by atoms with Gasteiger partial charge in [-0.3, -0.25) is 9.69 Å². The van der Waals surface area contributed by atoms with Crippen molar-refractivity contribution in [3.63, 3.8) is 0 Å². The summed E-state index contributed by atoms with van der Waals surface area (Å²) in [7, 11) is 0.486. The van der Waals surface area contributed by atoms with Crippen LogP contribution in [0.25, 0.3) is 10.2 Å². The maximum atomic E-state index is 13.0. The van der Waals surface area contributed by atoms with Gasteiger partial charge in [0.25, 0.3) is 0 Å². The van der Waals surface area contributed by atoms with Crippen LogP contribution < -0.4 is 4.90 Å². The molecule has 1 heterocycles. The van der Waals surface area contributed by atoms with E-state index in [2.05, 4.69) is 4.98 Å². The lowest BCUT2D eigenvalue weighted by Gasteiger charge is -2.21. The predicted molar refractivity (Wildman–Crippen MR) is 128 cm³/mol. The van der Waals surface area contributed by atoms with Gasteiger partial charge in [-0.15, -0.1) is 24.2 Å². The number of carbonyl (C=O) groups excluding carboxylic acids is 1. The summed E-state index contributed by atoms with van der Waals surface area (Å²) in [5.74, 6) is 0.229. The van der Waals surface area contributed by atoms with Gasteiger partial charge in [-0.1, -0.05) is 35.6 Å². The van der Waals surface area contributed by atoms with E-state index >= 15 is 0 Å². The second-order valence-electron chi connectivity index (χ2n) is 6.82. The lowest BCUT2D eigenvalue weighted by atomic mass is 10.3. The van der Waals surface area contributed by atoms with Gasteiger partial charge in [0.15, 0.2) is 15.0 Å². The zero-order chi connectivity index (χ0) is 21.0. The first-order chi connectivity index (χ1) is 13.8. The highest BCUT2D eigenvalue weighted by atomic mass is 35.5. The molecule has 0 unspecified atom stereocenters. The van der Waals surface area contributed by atoms with Crippen LogP contribution >= 0.6 is 35.5 Å². The number of thiazole rings is 1. The Morgan fingerprint density at radius 2 is 1.77 bits per heavy atom. The fourth-order valence-corrected chi connectivity index (χ4v) is 5.42. The number of anilines is 1. The van der Waals surface area contributed by atoms with Gasteiger partial charge in [0.1, 0.15) is 5.52 Å². The number of carbonyl (C=O) groups is 1. The molecule has 0 fully saturated rings. The van der Waals surface area contributed by atoms with E-state index < -0.39 is 9.84 Å². The molecular formula is C20H24ClN3O3S3. The van der Waals surface area contributed by atoms with Crippen molar-refractivity contribution in [2.45, 2.75) is 9.79 Å². The van der Waals surface area contributed by atoms with Crippen LogP contribution in [0.1, 0.15) is 0 Å². The number of benzene rings is 2. The highest BCUT2D eigenvalue weighted by Crippen LogP contribution is 2.33. The third kappa shape index (κ3) is 6.18. The molecule has 0 aliphatic rings. The number of hydrogen-bond acceptors (Lipinski definition) is 7. The highest BCUT2D eigenvalue weighted by molar-refractivity contribution is 8.00. The molecule has 0 aliphatic heterocycles. The summed E-state index contributed by atoms with van der Waals surface area (Å²) in [4.78, 5) is 22.4. The van der Waals surface area contributed by atoms with Crippen LogP contribution in [0.15, 0.2) is 58.3 Å². The first-order valence-electron chi connectivity index (χ1n) is 8.98. The number of para-hydroxylation sites is 1. The average Bonchev–Trinajstić information content (AvgIpc) is 3.10. The van der Waals surface area contributed by atoms with Crippen molar-refractivity contribution in [1.82, 2.24) is 9.88 Å². The van der Waals surface area contributed by atoms with Gasteiger partial charge in [0.2, 0.25) is 5.91 Å². The number of thioether (sulfide) groups is 1. The quantitative estimate of drug-likeness (QED) is 0.452. The van der Waals surface area contributed by atoms with Gasteiger partial charge in [0.05, 0.1) is 15.3 Å². The maximum Gasteiger partial charge on any atom is 0.239 e. The fraction of sp³-hybridized carbons (Fsp3) is 0.300. The zero-order valence-electron chi connectivity index (χ0n) is 16.9. The second kappa shape index (κ2) is 10.6. The molecule has 0 bridgehead atoms. The second-order valence-corrected chi connectivity index (χ2v) is 10.9. The SMILES string of the molecule is CN(C)CCN(C(=O)CSc1ccccc1)c1nc2c(S(C)(=O)=O)cccc2s1.Cl. The molecule has 3 rings (SSSR count). The molecule has 0 atom stereocenters. The lowest BCUT2D eigenvalue weighted by Crippen LogP contribution is -2.37. The molecule has 0 aliphatic carbocycles. The topological polar surface area (TPSA) is 70.6 Å². The fourth-order valence-electron chi connectivity index (χ4n) is 2.69. The van der Waals surface area contributed by atoms with E-state index in [4.69, 9.17) is 0 Å². The number of halogens is 1. The molecule has 6 nitrogen and oxygen atoms in total. The molecule has 3 aromatic rings. The Hall–Kier alpha value is -1.65. The number of sulfone groups is 1. The van der Waals surface area contributed by atoms with E-state index in [1.807, 2.05) is 55.4 Å². The summed E-state index contributed by atoms with van der Waals surface area (Å²) in [5.41, 5.74) is 0.424. The molecule has 0 spiro atoms. The van der Waals surface area contributed by atoms with Crippen molar-refractivity contribution in [2.24, 2.45) is 0 Å². The molecule has 0 radical (unpaired) electrons. The van der Waals surface area contributed by atoms with E-state index in [9.17, 15) is 13.2 Å². The number of rotatable bonds is 8. The number of amides is 1. The zero-order valence-corrected chi connectivity index (χ0v) is 20.2. The van der Waals surface area contributed by atoms with Crippen molar-refractivity contribution in [3.8, 4) is 0 Å². The van der Waals surface area contributed by atoms with Gasteiger partial charge < -0.3 is 4.90 Å². The molecule has 0 saturated carbocycles. The minimum atomic E-state index is -3.41. The van der Waals surface area contributed by atoms with E-state index in [-0.39, 0.29) is 29.0 Å². The molecule has 10 heteroatoms. The molecular weight excluding hydrogens is 462 g/mol. The normalized spacial score (nSPS) is 11.5. The van der Waals surface area contributed by atoms with Crippen LogP contribution in [0.2, 0.25) is 0 Å². The minimum Gasteiger partial charge on any atom is -0.308 e. The maximum absolute atomic E-state index is 13.0. The van der Waals surface area contributed by atoms with E-state index in [0.29, 0.717) is 23.7 Å². The standard InChI is InChI=1S/C20H23N3O3S3.ClH/c1-22(2)12-13-23(18(24)14-27-15-8-5-4-6-9-15)20-21-19-16(28-20)10-7-11-17(19)29(3,25)26;/h4-11H,12-14H2,1-3H3;1H. The Balaban J connectivity index is 0.00000320. The monoisotopic (exact) mass is 485 g/mol. The van der Waals surface area contributed by atoms with Crippen LogP contribution in [0, 0.1) is 0 Å². The first kappa shape index (κ1) is 24.6. The summed E-state index contributed by atoms with van der Waals surface area (Å²) in [6.07, 6.45) is 1.17. The smallest absolute Gasteiger partial charge is 0.239 e. The van der Waals surface area contributed by atoms with Gasteiger partial charge in [-0.2, -0.15) is 0 Å². The third-order valence-corrected chi connectivity index (χ3v) is 7.35. The Kier molecular flexibility index (Phi) is 8.69. The summed E-state index contributed by atoms with van der Waals surface area (Å²) in [6.45, 7) is 1.16. The molecule has 2 aromatic carbocycles. The summed E-state index contributed by atoms with van der Waals surface area (Å²) in [6, 6.07) is 14.9. The van der Waals surface area contributed by atoms with Crippen molar-refractivity contribution < 1.29 is 13.2 Å². The molecule has 0 saturated heterocycles. The predicted octanol–water partition coefficient (Wildman–Crippen LogP) is 3.81. The Bertz CT molecular complexity index is 1100. The highest BCUT2D eigenvalue weighted by Gasteiger charge is 2.22. The number of likely N-dealkylation sites (N-methyl/N-ethyl adjacent to an activating group) is 1. The van der Waals surface area contributed by atoms with E-state index in [1.54, 1.807) is 17.0 Å². The van der Waals surface area contributed by atoms with Gasteiger partial charge in [0, 0.05) is 24.2 Å². The van der Waals surface area contributed by atoms with Crippen molar-refractivity contribution in [2.75, 3.05) is 44.1 Å². The van der Waals surface area contributed by atoms with E-state index in [1.165, 1.54) is 29.4 Å². The van der Waals surface area contributed by atoms with Crippen LogP contribution in [0.3, 0.4) is 0 Å². The van der Waals surface area contributed by atoms with Gasteiger partial charge in [-0.25, -0.2) is 13.4 Å². The van der Waals surface area contributed by atoms with Crippen LogP contribution in [0.5, 0.6) is 0 Å². The number of hydrogen-bond donors (Lipinski definition) is 0. The molecule has 30 heavy (non-hydrogen) atoms. The minimum absolute atomic E-state index is 0. The molecule has 0 N–H and O–H groups in total. The molecule has 1 aromatic heterocycles. The van der Waals surface area contributed by atoms with Gasteiger partial charge >= 0.3 is 0 Å². The Morgan fingerprint density at radius 1 is 1.07 bits per heavy atom. The summed E-state index contributed by atoms with van der Waals surface area (Å²) >= 11 is 2.82. The van der Waals surface area contributed by atoms with Crippen molar-refractivity contribution in [3.05, 3.63) is 48.5 Å². The average molecular weight is 486 g/mol. The third-order valence-electron chi connectivity index (χ3n) is 4.18. The Morgan fingerprint density at radius 3 is 2.40 bits per heavy atom. The first-order valence-corrected chi connectivity index (χ1v) is 12.7. The largest absolute Gasteiger partial charge is 0.308 e.